The van der Waals surface area contributed by atoms with Crippen LogP contribution in [0, 0.1) is 17.8 Å². The van der Waals surface area contributed by atoms with E-state index in [1.807, 2.05) is 0 Å². The number of hydrogen-bond donors (Lipinski definition) is 24. The number of amides is 16. The molecule has 1 fully saturated rings. The van der Waals surface area contributed by atoms with Crippen molar-refractivity contribution in [2.24, 2.45) is 35.0 Å². The van der Waals surface area contributed by atoms with Gasteiger partial charge in [0.25, 0.3) is 0 Å². The summed E-state index contributed by atoms with van der Waals surface area (Å²) < 4.78 is 0. The minimum Gasteiger partial charge on any atom is -0.481 e. The van der Waals surface area contributed by atoms with Gasteiger partial charge in [-0.2, -0.15) is 11.8 Å². The summed E-state index contributed by atoms with van der Waals surface area (Å²) in [5, 5.41) is 106. The molecule has 1 aromatic rings. The van der Waals surface area contributed by atoms with Crippen molar-refractivity contribution in [1.29, 1.82) is 0 Å². The number of primary amides is 1. The van der Waals surface area contributed by atoms with Gasteiger partial charge in [0, 0.05) is 25.8 Å². The largest absolute Gasteiger partial charge is 0.481 e. The van der Waals surface area contributed by atoms with Crippen LogP contribution in [0.5, 0.6) is 0 Å². The Morgan fingerprint density at radius 2 is 0.881 bits per heavy atom. The van der Waals surface area contributed by atoms with Crippen LogP contribution in [0.1, 0.15) is 145 Å². The van der Waals surface area contributed by atoms with E-state index < -0.39 is 267 Å². The van der Waals surface area contributed by atoms with Crippen LogP contribution < -0.4 is 91.6 Å². The van der Waals surface area contributed by atoms with E-state index in [1.165, 1.54) is 18.7 Å². The van der Waals surface area contributed by atoms with Crippen molar-refractivity contribution in [2.75, 3.05) is 51.4 Å². The molecule has 0 bridgehead atoms. The number of carbonyl (C=O) groups is 18. The number of hydrogen-bond acceptors (Lipinski definition) is 26. The summed E-state index contributed by atoms with van der Waals surface area (Å²) in [5.74, 6) is -20.6. The minimum absolute atomic E-state index is 0.0103. The summed E-state index contributed by atoms with van der Waals surface area (Å²) in [6, 6.07) is -14.9. The summed E-state index contributed by atoms with van der Waals surface area (Å²) in [6.07, 6.45) is -6.18. The van der Waals surface area contributed by atoms with E-state index in [-0.39, 0.29) is 88.5 Å². The van der Waals surface area contributed by atoms with E-state index in [0.29, 0.717) is 5.56 Å². The van der Waals surface area contributed by atoms with Gasteiger partial charge in [-0.05, 0) is 127 Å². The van der Waals surface area contributed by atoms with Crippen molar-refractivity contribution >= 4 is 118 Å². The van der Waals surface area contributed by atoms with Crippen LogP contribution in [-0.4, -0.2) is 301 Å². The number of carboxylic acid groups (broad SMARTS) is 2. The number of likely N-dealkylation sites (tertiary alicyclic amines) is 1. The SMILES string of the molecule is CSCC[C@H](NC(=O)[C@H](Cc1ccccc1)NC(=O)CNC(=O)CN)C(=O)N[C@H](C(=O)N[C@@H](CO)C(=O)N[C@@H](CCC(=O)O)C(=O)N[C@@H](CCCCN)C(=O)N[C@@H](CO)C(=O)N[C@@H](CCC(N)=O)C(=O)N[C@H](C(=O)N1CCC[C@H]1C(=O)N[C@@H](CC(C)C)C(=O)N[C@H](C(=O)N[C@H](C(=O)N[C@@H](CC(C)C)C(=O)O)[C@@H](C)O)C(C)C)[C@@H](C)O)[C@@H](C)O. The second-order valence-electron chi connectivity index (χ2n) is 29.8. The lowest BCUT2D eigenvalue weighted by Gasteiger charge is -2.32. The molecule has 118 heavy (non-hydrogen) atoms. The summed E-state index contributed by atoms with van der Waals surface area (Å²) in [4.78, 5) is 245. The van der Waals surface area contributed by atoms with E-state index in [1.54, 1.807) is 78.1 Å². The monoisotopic (exact) mass is 1690 g/mol. The molecule has 0 aliphatic carbocycles. The molecule has 1 saturated heterocycles. The van der Waals surface area contributed by atoms with Crippen molar-refractivity contribution in [3.63, 3.8) is 0 Å². The number of nitrogens with two attached hydrogens (primary N) is 3. The number of nitrogens with one attached hydrogen (secondary N) is 14. The van der Waals surface area contributed by atoms with E-state index >= 15 is 0 Å². The van der Waals surface area contributed by atoms with Crippen molar-refractivity contribution in [1.82, 2.24) is 79.3 Å². The van der Waals surface area contributed by atoms with Gasteiger partial charge < -0.3 is 132 Å². The normalized spacial score (nSPS) is 16.6. The second-order valence-corrected chi connectivity index (χ2v) is 30.8. The molecule has 43 nitrogen and oxygen atoms in total. The number of nitrogens with zero attached hydrogens (tertiary/aromatic N) is 1. The first-order valence-corrected chi connectivity index (χ1v) is 40.3. The summed E-state index contributed by atoms with van der Waals surface area (Å²) in [6.45, 7) is 9.84. The van der Waals surface area contributed by atoms with E-state index in [4.69, 9.17) is 17.2 Å². The van der Waals surface area contributed by atoms with Gasteiger partial charge in [0.2, 0.25) is 94.5 Å². The lowest BCUT2D eigenvalue weighted by Crippen LogP contribution is -2.63. The molecule has 1 heterocycles. The number of aliphatic hydroxyl groups is 5. The number of aliphatic carboxylic acids is 2. The Morgan fingerprint density at radius 3 is 1.34 bits per heavy atom. The molecule has 1 aliphatic rings. The number of thioether (sulfide) groups is 1. The van der Waals surface area contributed by atoms with Crippen molar-refractivity contribution in [3.05, 3.63) is 35.9 Å². The molecule has 27 N–H and O–H groups in total. The van der Waals surface area contributed by atoms with Gasteiger partial charge in [0.1, 0.15) is 84.6 Å². The van der Waals surface area contributed by atoms with Crippen LogP contribution in [-0.2, 0) is 92.7 Å². The number of carboxylic acids is 2. The maximum atomic E-state index is 14.5. The number of aliphatic hydroxyl groups excluding tert-OH is 5. The molecular formula is C74H122N18O25S. The summed E-state index contributed by atoms with van der Waals surface area (Å²) >= 11 is 1.27. The molecule has 0 aromatic heterocycles. The Kier molecular flexibility index (Phi) is 46.8. The van der Waals surface area contributed by atoms with Gasteiger partial charge >= 0.3 is 11.9 Å². The first kappa shape index (κ1) is 104. The predicted octanol–water partition coefficient (Wildman–Crippen LogP) is -8.43. The minimum atomic E-state index is -2.03. The third-order valence-electron chi connectivity index (χ3n) is 18.5. The molecule has 1 aromatic carbocycles. The fourth-order valence-electron chi connectivity index (χ4n) is 12.1. The van der Waals surface area contributed by atoms with E-state index in [2.05, 4.69) is 74.4 Å². The molecule has 0 saturated carbocycles. The van der Waals surface area contributed by atoms with Gasteiger partial charge in [-0.25, -0.2) is 4.79 Å². The zero-order valence-electron chi connectivity index (χ0n) is 68.1. The maximum absolute atomic E-state index is 14.5. The third kappa shape index (κ3) is 36.7. The van der Waals surface area contributed by atoms with Crippen molar-refractivity contribution in [2.45, 2.75) is 249 Å². The van der Waals surface area contributed by atoms with Gasteiger partial charge in [0.05, 0.1) is 44.6 Å². The van der Waals surface area contributed by atoms with Crippen LogP contribution in [0.4, 0.5) is 0 Å². The quantitative estimate of drug-likeness (QED) is 0.0269. The Labute approximate surface area is 687 Å². The Bertz CT molecular complexity index is 3560. The highest BCUT2D eigenvalue weighted by atomic mass is 32.2. The number of carbonyl (C=O) groups excluding carboxylic acids is 16. The number of benzene rings is 1. The number of rotatable bonds is 55. The first-order valence-electron chi connectivity index (χ1n) is 38.9. The van der Waals surface area contributed by atoms with Crippen LogP contribution in [0.15, 0.2) is 30.3 Å². The van der Waals surface area contributed by atoms with E-state index in [9.17, 15) is 122 Å². The lowest BCUT2D eigenvalue weighted by molar-refractivity contribution is -0.145. The highest BCUT2D eigenvalue weighted by Gasteiger charge is 2.44. The van der Waals surface area contributed by atoms with Gasteiger partial charge in [0.15, 0.2) is 0 Å². The standard InChI is InChI=1S/C74H122N18O25S/c1-36(2)29-47(66(108)88-57(38(5)6)70(112)90-59(40(8)96)71(113)85-49(74(116)117)30-37(3)4)84-69(111)52-20-16-27-92(52)73(115)60(41(9)97)91-63(105)44(21-23-53(77)98)81-67(109)50(34-93)86-61(103)43(19-14-15-26-75)80-62(104)45(22-24-56(101)102)82-68(110)51(35-94)87-72(114)58(39(7)95)89-64(106)46(25-28-118-10)83-65(107)48(31-42-17-12-11-13-18-42)79-55(100)33-78-54(99)32-76/h11-13,17-18,36-41,43-52,57-60,93-97H,14-16,19-35,75-76H2,1-10H3,(H2,77,98)(H,78,99)(H,79,100)(H,80,104)(H,81,109)(H,82,110)(H,83,107)(H,84,111)(H,85,113)(H,86,103)(H,87,114)(H,88,108)(H,89,106)(H,90,112)(H,91,105)(H,101,102)(H,116,117)/t39-,40-,41-,43+,44+,45+,46+,47+,48+,49+,50+,51+,52+,57+,58+,59+,60+/m1/s1. The number of unbranched alkanes of at least 4 members (excludes halogenated alkanes) is 1. The average molecular weight is 1700 g/mol. The molecule has 44 heteroatoms. The maximum Gasteiger partial charge on any atom is 0.326 e. The Hall–Kier alpha value is -10.2. The van der Waals surface area contributed by atoms with Gasteiger partial charge in [-0.15, -0.1) is 0 Å². The van der Waals surface area contributed by atoms with Crippen molar-refractivity contribution in [3.8, 4) is 0 Å². The smallest absolute Gasteiger partial charge is 0.326 e. The molecule has 2 rings (SSSR count). The zero-order chi connectivity index (χ0) is 89.4. The summed E-state index contributed by atoms with van der Waals surface area (Å²) in [7, 11) is 0. The lowest BCUT2D eigenvalue weighted by atomic mass is 9.98. The van der Waals surface area contributed by atoms with Gasteiger partial charge in [-0.3, -0.25) is 81.5 Å². The average Bonchev–Trinajstić information content (AvgIpc) is 1.64. The molecule has 0 unspecified atom stereocenters. The van der Waals surface area contributed by atoms with Crippen LogP contribution in [0.3, 0.4) is 0 Å². The Balaban J connectivity index is 2.41. The molecule has 1 aliphatic heterocycles. The van der Waals surface area contributed by atoms with Gasteiger partial charge in [-0.1, -0.05) is 71.9 Å². The zero-order valence-corrected chi connectivity index (χ0v) is 69.0. The van der Waals surface area contributed by atoms with E-state index in [0.717, 1.165) is 18.7 Å². The Morgan fingerprint density at radius 1 is 0.466 bits per heavy atom. The second kappa shape index (κ2) is 53.2. The van der Waals surface area contributed by atoms with Crippen LogP contribution in [0.25, 0.3) is 0 Å². The molecule has 17 atom stereocenters. The first-order chi connectivity index (χ1) is 55.4. The topological polar surface area (TPSA) is 699 Å². The molecule has 0 radical (unpaired) electrons. The van der Waals surface area contributed by atoms with Crippen LogP contribution >= 0.6 is 11.8 Å². The molecule has 0 spiro atoms. The summed E-state index contributed by atoms with van der Waals surface area (Å²) in [5.41, 5.74) is 17.1. The predicted molar refractivity (Wildman–Crippen MR) is 424 cm³/mol. The molecule has 664 valence electrons. The molecular weight excluding hydrogens is 1570 g/mol. The van der Waals surface area contributed by atoms with Crippen LogP contribution in [0.2, 0.25) is 0 Å². The molecule has 16 amide bonds. The van der Waals surface area contributed by atoms with Crippen molar-refractivity contribution < 1.29 is 122 Å². The fraction of sp³-hybridized carbons (Fsp3) is 0.676. The highest BCUT2D eigenvalue weighted by molar-refractivity contribution is 7.98. The third-order valence-corrected chi connectivity index (χ3v) is 19.2. The highest BCUT2D eigenvalue weighted by Crippen LogP contribution is 2.22. The fourth-order valence-corrected chi connectivity index (χ4v) is 12.5.